The van der Waals surface area contributed by atoms with Gasteiger partial charge in [-0.15, -0.1) is 0 Å². The number of rotatable bonds is 9. The monoisotopic (exact) mass is 398 g/mol. The number of hydrogen-bond acceptors (Lipinski definition) is 2. The minimum atomic E-state index is -1.76. The van der Waals surface area contributed by atoms with Gasteiger partial charge in [0.05, 0.1) is 6.10 Å². The van der Waals surface area contributed by atoms with Crippen LogP contribution in [-0.2, 0) is 4.43 Å². The predicted octanol–water partition coefficient (Wildman–Crippen LogP) is 5.27. The summed E-state index contributed by atoms with van der Waals surface area (Å²) in [5.74, 6) is 0. The molecule has 0 saturated heterocycles. The molecule has 0 rings (SSSR count). The zero-order valence-electron chi connectivity index (χ0n) is 13.3. The Bertz CT molecular complexity index is 243. The molecule has 0 aliphatic heterocycles. The summed E-state index contributed by atoms with van der Waals surface area (Å²) in [6.07, 6.45) is 3.20. The van der Waals surface area contributed by atoms with Crippen molar-refractivity contribution in [3.05, 3.63) is 10.2 Å². The molecule has 19 heavy (non-hydrogen) atoms. The van der Waals surface area contributed by atoms with Gasteiger partial charge in [-0.3, -0.25) is 0 Å². The summed E-state index contributed by atoms with van der Waals surface area (Å²) in [5, 5.41) is 9.87. The van der Waals surface area contributed by atoms with Crippen molar-refractivity contribution in [1.82, 2.24) is 0 Å². The van der Waals surface area contributed by atoms with Crippen LogP contribution >= 0.6 is 22.6 Å². The highest BCUT2D eigenvalue weighted by Crippen LogP contribution is 2.42. The fourth-order valence-electron chi connectivity index (χ4n) is 3.20. The first-order chi connectivity index (χ1) is 8.78. The molecule has 2 nitrogen and oxygen atoms in total. The van der Waals surface area contributed by atoms with Crippen LogP contribution in [0.5, 0.6) is 0 Å². The number of aliphatic hydroxyl groups excluding tert-OH is 1. The molecule has 0 aliphatic carbocycles. The lowest BCUT2D eigenvalue weighted by atomic mass is 10.2. The zero-order valence-corrected chi connectivity index (χ0v) is 16.5. The maximum atomic E-state index is 9.87. The quantitative estimate of drug-likeness (QED) is 0.424. The molecule has 114 valence electrons. The number of halogens is 1. The Morgan fingerprint density at radius 2 is 1.53 bits per heavy atom. The summed E-state index contributed by atoms with van der Waals surface area (Å²) in [5.41, 5.74) is 1.83. The Balaban J connectivity index is 4.51. The standard InChI is InChI=1S/C15H31IO2Si/c1-12(2)19(13(3)4,14(5)6)18-11-9-15(17)8-7-10-16/h7,10,12-15,17H,8-9,11H2,1-6H3/b10-7+/t15-/m0/s1. The van der Waals surface area contributed by atoms with Crippen LogP contribution in [0.4, 0.5) is 0 Å². The van der Waals surface area contributed by atoms with Gasteiger partial charge in [0.15, 0.2) is 8.32 Å². The van der Waals surface area contributed by atoms with Gasteiger partial charge in [0.2, 0.25) is 0 Å². The molecule has 0 aromatic carbocycles. The molecular formula is C15H31IO2Si. The van der Waals surface area contributed by atoms with E-state index in [9.17, 15) is 5.11 Å². The molecule has 0 aromatic heterocycles. The van der Waals surface area contributed by atoms with E-state index in [1.807, 2.05) is 10.2 Å². The third-order valence-electron chi connectivity index (χ3n) is 4.01. The lowest BCUT2D eigenvalue weighted by molar-refractivity contribution is 0.136. The van der Waals surface area contributed by atoms with Gasteiger partial charge in [-0.1, -0.05) is 70.2 Å². The summed E-state index contributed by atoms with van der Waals surface area (Å²) in [7, 11) is -1.76. The summed E-state index contributed by atoms with van der Waals surface area (Å²) in [6, 6.07) is 0. The molecule has 0 aromatic rings. The van der Waals surface area contributed by atoms with Crippen LogP contribution in [0.1, 0.15) is 54.4 Å². The average molecular weight is 398 g/mol. The van der Waals surface area contributed by atoms with Crippen LogP contribution in [0, 0.1) is 0 Å². The lowest BCUT2D eigenvalue weighted by Gasteiger charge is -2.42. The summed E-state index contributed by atoms with van der Waals surface area (Å²) >= 11 is 2.18. The Morgan fingerprint density at radius 1 is 1.05 bits per heavy atom. The normalized spacial score (nSPS) is 15.1. The van der Waals surface area contributed by atoms with Gasteiger partial charge < -0.3 is 9.53 Å². The smallest absolute Gasteiger partial charge is 0.200 e. The van der Waals surface area contributed by atoms with Gasteiger partial charge in [-0.25, -0.2) is 0 Å². The minimum absolute atomic E-state index is 0.274. The van der Waals surface area contributed by atoms with Crippen LogP contribution in [0.2, 0.25) is 16.6 Å². The fourth-order valence-corrected chi connectivity index (χ4v) is 8.96. The van der Waals surface area contributed by atoms with Gasteiger partial charge in [0, 0.05) is 6.61 Å². The second kappa shape index (κ2) is 9.53. The van der Waals surface area contributed by atoms with E-state index < -0.39 is 8.32 Å². The van der Waals surface area contributed by atoms with Crippen molar-refractivity contribution >= 4 is 30.9 Å². The number of hydrogen-bond donors (Lipinski definition) is 1. The van der Waals surface area contributed by atoms with E-state index in [-0.39, 0.29) is 6.10 Å². The Kier molecular flexibility index (Phi) is 9.83. The van der Waals surface area contributed by atoms with Crippen LogP contribution in [0.25, 0.3) is 0 Å². The molecule has 0 fully saturated rings. The fraction of sp³-hybridized carbons (Fsp3) is 0.867. The Labute approximate surface area is 134 Å². The van der Waals surface area contributed by atoms with Gasteiger partial charge >= 0.3 is 0 Å². The van der Waals surface area contributed by atoms with E-state index in [0.717, 1.165) is 12.8 Å². The molecular weight excluding hydrogens is 367 g/mol. The number of aliphatic hydroxyl groups is 1. The molecule has 0 spiro atoms. The second-order valence-corrected chi connectivity index (χ2v) is 12.4. The topological polar surface area (TPSA) is 29.5 Å². The molecule has 0 amide bonds. The average Bonchev–Trinajstić information content (AvgIpc) is 2.30. The lowest BCUT2D eigenvalue weighted by Crippen LogP contribution is -2.48. The summed E-state index contributed by atoms with van der Waals surface area (Å²) in [4.78, 5) is 0. The maximum Gasteiger partial charge on any atom is 0.200 e. The first kappa shape index (κ1) is 19.6. The third-order valence-corrected chi connectivity index (χ3v) is 10.6. The van der Waals surface area contributed by atoms with E-state index in [4.69, 9.17) is 4.43 Å². The molecule has 1 N–H and O–H groups in total. The van der Waals surface area contributed by atoms with E-state index in [2.05, 4.69) is 64.1 Å². The van der Waals surface area contributed by atoms with E-state index in [0.29, 0.717) is 23.2 Å². The molecule has 1 atom stereocenters. The van der Waals surface area contributed by atoms with Gasteiger partial charge in [-0.05, 0) is 33.5 Å². The van der Waals surface area contributed by atoms with Crippen molar-refractivity contribution in [2.45, 2.75) is 77.1 Å². The first-order valence-corrected chi connectivity index (χ1v) is 10.7. The first-order valence-electron chi connectivity index (χ1n) is 7.36. The zero-order chi connectivity index (χ0) is 15.1. The van der Waals surface area contributed by atoms with E-state index in [1.54, 1.807) is 0 Å². The van der Waals surface area contributed by atoms with Crippen LogP contribution < -0.4 is 0 Å². The van der Waals surface area contributed by atoms with Crippen molar-refractivity contribution in [2.24, 2.45) is 0 Å². The summed E-state index contributed by atoms with van der Waals surface area (Å²) < 4.78 is 8.37. The Hall–Kier alpha value is 0.607. The Morgan fingerprint density at radius 3 is 1.89 bits per heavy atom. The van der Waals surface area contributed by atoms with Crippen LogP contribution in [-0.4, -0.2) is 26.1 Å². The molecule has 0 bridgehead atoms. The van der Waals surface area contributed by atoms with Crippen LogP contribution in [0.3, 0.4) is 0 Å². The minimum Gasteiger partial charge on any atom is -0.416 e. The maximum absolute atomic E-state index is 9.87. The van der Waals surface area contributed by atoms with Gasteiger partial charge in [0.1, 0.15) is 0 Å². The molecule has 0 aliphatic rings. The molecule has 0 unspecified atom stereocenters. The SMILES string of the molecule is CC(C)[Si](OCC[C@@H](O)C/C=C/I)(C(C)C)C(C)C. The third kappa shape index (κ3) is 5.85. The van der Waals surface area contributed by atoms with Crippen molar-refractivity contribution in [2.75, 3.05) is 6.61 Å². The highest BCUT2D eigenvalue weighted by Gasteiger charge is 2.44. The van der Waals surface area contributed by atoms with Crippen molar-refractivity contribution < 1.29 is 9.53 Å². The molecule has 4 heteroatoms. The molecule has 0 radical (unpaired) electrons. The van der Waals surface area contributed by atoms with Crippen molar-refractivity contribution in [1.29, 1.82) is 0 Å². The van der Waals surface area contributed by atoms with Crippen LogP contribution in [0.15, 0.2) is 10.2 Å². The highest BCUT2D eigenvalue weighted by atomic mass is 127. The van der Waals surface area contributed by atoms with Gasteiger partial charge in [-0.2, -0.15) is 0 Å². The molecule has 0 saturated carbocycles. The van der Waals surface area contributed by atoms with Crippen molar-refractivity contribution in [3.63, 3.8) is 0 Å². The predicted molar refractivity (Wildman–Crippen MR) is 95.4 cm³/mol. The molecule has 0 heterocycles. The highest BCUT2D eigenvalue weighted by molar-refractivity contribution is 14.1. The van der Waals surface area contributed by atoms with E-state index >= 15 is 0 Å². The van der Waals surface area contributed by atoms with E-state index in [1.165, 1.54) is 0 Å². The van der Waals surface area contributed by atoms with Crippen molar-refractivity contribution in [3.8, 4) is 0 Å². The summed E-state index contributed by atoms with van der Waals surface area (Å²) in [6.45, 7) is 14.5. The second-order valence-electron chi connectivity index (χ2n) is 6.21. The van der Waals surface area contributed by atoms with Gasteiger partial charge in [0.25, 0.3) is 0 Å². The largest absolute Gasteiger partial charge is 0.416 e.